The van der Waals surface area contributed by atoms with Crippen molar-refractivity contribution in [1.29, 1.82) is 0 Å². The van der Waals surface area contributed by atoms with E-state index < -0.39 is 10.7 Å². The molecule has 2 fully saturated rings. The van der Waals surface area contributed by atoms with Gasteiger partial charge in [0.2, 0.25) is 0 Å². The van der Waals surface area contributed by atoms with Crippen molar-refractivity contribution in [3.8, 4) is 0 Å². The Morgan fingerprint density at radius 3 is 2.32 bits per heavy atom. The normalized spacial score (nSPS) is 18.7. The van der Waals surface area contributed by atoms with Gasteiger partial charge in [-0.3, -0.25) is 19.7 Å². The molecule has 0 bridgehead atoms. The predicted molar refractivity (Wildman–Crippen MR) is 128 cm³/mol. The van der Waals surface area contributed by atoms with Gasteiger partial charge in [-0.05, 0) is 57.4 Å². The van der Waals surface area contributed by atoms with Crippen LogP contribution in [0.15, 0.2) is 36.4 Å². The highest BCUT2D eigenvalue weighted by Crippen LogP contribution is 2.32. The van der Waals surface area contributed by atoms with E-state index in [1.807, 2.05) is 4.90 Å². The molecule has 1 atom stereocenters. The molecular formula is C25H29FN4O4. The molecule has 34 heavy (non-hydrogen) atoms. The summed E-state index contributed by atoms with van der Waals surface area (Å²) < 4.78 is 14.6. The number of benzene rings is 2. The second-order valence-electron chi connectivity index (χ2n) is 9.00. The second-order valence-corrected chi connectivity index (χ2v) is 9.00. The van der Waals surface area contributed by atoms with Gasteiger partial charge in [-0.2, -0.15) is 0 Å². The van der Waals surface area contributed by atoms with Gasteiger partial charge in [0, 0.05) is 56.5 Å². The van der Waals surface area contributed by atoms with Gasteiger partial charge in [-0.25, -0.2) is 4.39 Å². The zero-order chi connectivity index (χ0) is 24.4. The summed E-state index contributed by atoms with van der Waals surface area (Å²) in [6.07, 6.45) is 3.15. The number of piperidine rings is 1. The third kappa shape index (κ3) is 4.73. The summed E-state index contributed by atoms with van der Waals surface area (Å²) in [4.78, 5) is 41.6. The molecule has 0 saturated carbocycles. The number of carbonyl (C=O) groups is 2. The summed E-state index contributed by atoms with van der Waals surface area (Å²) in [5, 5.41) is 11.4. The number of rotatable bonds is 5. The number of amides is 1. The molecule has 8 nitrogen and oxygen atoms in total. The number of hydrogen-bond donors (Lipinski definition) is 0. The van der Waals surface area contributed by atoms with Crippen LogP contribution in [0, 0.1) is 15.9 Å². The van der Waals surface area contributed by atoms with Crippen LogP contribution in [-0.4, -0.2) is 60.3 Å². The topological polar surface area (TPSA) is 87.0 Å². The summed E-state index contributed by atoms with van der Waals surface area (Å²) in [6.45, 7) is 5.89. The van der Waals surface area contributed by atoms with E-state index in [4.69, 9.17) is 0 Å². The standard InChI is InChI=1S/C25H29FN4O4/c1-17-5-3-4-10-29(17)23-9-7-20(30(33)34)16-21(23)25(32)28-13-11-27(12-14-28)24-8-6-19(18(2)31)15-22(24)26/h6-9,15-17H,3-5,10-14H2,1-2H3. The van der Waals surface area contributed by atoms with E-state index in [-0.39, 0.29) is 23.4 Å². The van der Waals surface area contributed by atoms with Crippen LogP contribution in [0.3, 0.4) is 0 Å². The van der Waals surface area contributed by atoms with E-state index in [1.165, 1.54) is 25.1 Å². The fraction of sp³-hybridized carbons (Fsp3) is 0.440. The largest absolute Gasteiger partial charge is 0.368 e. The van der Waals surface area contributed by atoms with Crippen molar-refractivity contribution < 1.29 is 18.9 Å². The molecule has 0 aromatic heterocycles. The molecule has 0 radical (unpaired) electrons. The maximum atomic E-state index is 14.6. The van der Waals surface area contributed by atoms with Gasteiger partial charge in [0.25, 0.3) is 11.6 Å². The van der Waals surface area contributed by atoms with E-state index in [0.29, 0.717) is 43.0 Å². The zero-order valence-corrected chi connectivity index (χ0v) is 19.5. The Bertz CT molecular complexity index is 1110. The highest BCUT2D eigenvalue weighted by atomic mass is 19.1. The quantitative estimate of drug-likeness (QED) is 0.370. The maximum Gasteiger partial charge on any atom is 0.270 e. The lowest BCUT2D eigenvalue weighted by Crippen LogP contribution is -2.49. The average Bonchev–Trinajstić information content (AvgIpc) is 2.83. The Balaban J connectivity index is 1.54. The fourth-order valence-electron chi connectivity index (χ4n) is 4.82. The Hall–Kier alpha value is -3.49. The van der Waals surface area contributed by atoms with E-state index >= 15 is 0 Å². The Kier molecular flexibility index (Phi) is 6.81. The molecule has 180 valence electrons. The van der Waals surface area contributed by atoms with Crippen molar-refractivity contribution in [3.63, 3.8) is 0 Å². The van der Waals surface area contributed by atoms with E-state index in [9.17, 15) is 24.1 Å². The second kappa shape index (κ2) is 9.79. The summed E-state index contributed by atoms with van der Waals surface area (Å²) in [7, 11) is 0. The number of carbonyl (C=O) groups excluding carboxylic acids is 2. The highest BCUT2D eigenvalue weighted by Gasteiger charge is 2.30. The lowest BCUT2D eigenvalue weighted by molar-refractivity contribution is -0.384. The van der Waals surface area contributed by atoms with Crippen molar-refractivity contribution in [1.82, 2.24) is 4.90 Å². The van der Waals surface area contributed by atoms with Crippen molar-refractivity contribution in [2.45, 2.75) is 39.2 Å². The Morgan fingerprint density at radius 1 is 1.00 bits per heavy atom. The van der Waals surface area contributed by atoms with Gasteiger partial charge in [0.15, 0.2) is 5.78 Å². The molecule has 2 aromatic carbocycles. The minimum absolute atomic E-state index is 0.108. The number of ketones is 1. The third-order valence-electron chi connectivity index (χ3n) is 6.80. The molecule has 1 unspecified atom stereocenters. The number of nitro groups is 1. The van der Waals surface area contributed by atoms with Crippen LogP contribution < -0.4 is 9.80 Å². The maximum absolute atomic E-state index is 14.6. The first-order valence-electron chi connectivity index (χ1n) is 11.7. The summed E-state index contributed by atoms with van der Waals surface area (Å²) in [6, 6.07) is 9.22. The molecule has 2 heterocycles. The first kappa shape index (κ1) is 23.7. The fourth-order valence-corrected chi connectivity index (χ4v) is 4.82. The predicted octanol–water partition coefficient (Wildman–Crippen LogP) is 4.28. The van der Waals surface area contributed by atoms with Crippen LogP contribution in [0.25, 0.3) is 0 Å². The smallest absolute Gasteiger partial charge is 0.270 e. The van der Waals surface area contributed by atoms with Crippen molar-refractivity contribution in [3.05, 3.63) is 63.5 Å². The number of anilines is 2. The monoisotopic (exact) mass is 468 g/mol. The number of piperazine rings is 1. The van der Waals surface area contributed by atoms with E-state index in [2.05, 4.69) is 11.8 Å². The Labute approximate surface area is 198 Å². The average molecular weight is 469 g/mol. The SMILES string of the molecule is CC(=O)c1ccc(N2CCN(C(=O)c3cc([N+](=O)[O-])ccc3N3CCCCC3C)CC2)c(F)c1. The molecule has 1 amide bonds. The van der Waals surface area contributed by atoms with Crippen LogP contribution in [0.2, 0.25) is 0 Å². The van der Waals surface area contributed by atoms with Gasteiger partial charge in [-0.1, -0.05) is 0 Å². The van der Waals surface area contributed by atoms with Crippen LogP contribution in [-0.2, 0) is 0 Å². The zero-order valence-electron chi connectivity index (χ0n) is 19.5. The molecule has 0 aliphatic carbocycles. The lowest BCUT2D eigenvalue weighted by Gasteiger charge is -2.39. The van der Waals surface area contributed by atoms with Crippen LogP contribution in [0.5, 0.6) is 0 Å². The van der Waals surface area contributed by atoms with Crippen molar-refractivity contribution >= 4 is 28.8 Å². The summed E-state index contributed by atoms with van der Waals surface area (Å²) in [5.41, 5.74) is 1.68. The minimum Gasteiger partial charge on any atom is -0.368 e. The third-order valence-corrected chi connectivity index (χ3v) is 6.80. The first-order chi connectivity index (χ1) is 16.3. The molecule has 2 aliphatic heterocycles. The number of nitro benzene ring substituents is 1. The highest BCUT2D eigenvalue weighted by molar-refractivity contribution is 6.01. The Morgan fingerprint density at radius 2 is 1.71 bits per heavy atom. The molecule has 0 N–H and O–H groups in total. The van der Waals surface area contributed by atoms with Crippen molar-refractivity contribution in [2.75, 3.05) is 42.5 Å². The lowest BCUT2D eigenvalue weighted by atomic mass is 10.00. The summed E-state index contributed by atoms with van der Waals surface area (Å²) >= 11 is 0. The van der Waals surface area contributed by atoms with Crippen molar-refractivity contribution in [2.24, 2.45) is 0 Å². The molecule has 0 spiro atoms. The van der Waals surface area contributed by atoms with Crippen LogP contribution >= 0.6 is 0 Å². The van der Waals surface area contributed by atoms with E-state index in [0.717, 1.165) is 31.5 Å². The van der Waals surface area contributed by atoms with Crippen LogP contribution in [0.1, 0.15) is 53.8 Å². The molecule has 2 aromatic rings. The van der Waals surface area contributed by atoms with Gasteiger partial charge in [0.05, 0.1) is 21.9 Å². The summed E-state index contributed by atoms with van der Waals surface area (Å²) in [5.74, 6) is -0.910. The van der Waals surface area contributed by atoms with E-state index in [1.54, 1.807) is 23.1 Å². The molecule has 2 saturated heterocycles. The van der Waals surface area contributed by atoms with Gasteiger partial charge in [0.1, 0.15) is 5.82 Å². The molecule has 2 aliphatic rings. The number of nitrogens with zero attached hydrogens (tertiary/aromatic N) is 4. The van der Waals surface area contributed by atoms with Gasteiger partial charge < -0.3 is 14.7 Å². The van der Waals surface area contributed by atoms with Crippen LogP contribution in [0.4, 0.5) is 21.5 Å². The molecule has 4 rings (SSSR count). The van der Waals surface area contributed by atoms with Gasteiger partial charge in [-0.15, -0.1) is 0 Å². The number of non-ortho nitro benzene ring substituents is 1. The molecular weight excluding hydrogens is 439 g/mol. The first-order valence-corrected chi connectivity index (χ1v) is 11.7. The number of halogens is 1. The molecule has 9 heteroatoms. The number of Topliss-reactive ketones (excluding diaryl/α,β-unsaturated/α-hetero) is 1. The van der Waals surface area contributed by atoms with Gasteiger partial charge >= 0.3 is 0 Å². The number of hydrogen-bond acceptors (Lipinski definition) is 6. The minimum atomic E-state index is -0.481.